The van der Waals surface area contributed by atoms with Gasteiger partial charge in [0.15, 0.2) is 0 Å². The van der Waals surface area contributed by atoms with Gasteiger partial charge in [0.1, 0.15) is 23.4 Å². The number of aromatic hydroxyl groups is 2. The molecular formula is C21H24O4. The molecule has 2 unspecified atom stereocenters. The highest BCUT2D eigenvalue weighted by molar-refractivity contribution is 5.51. The van der Waals surface area contributed by atoms with Gasteiger partial charge in [0.2, 0.25) is 0 Å². The molecule has 2 aromatic rings. The van der Waals surface area contributed by atoms with Gasteiger partial charge in [0.05, 0.1) is 6.61 Å². The van der Waals surface area contributed by atoms with Gasteiger partial charge in [-0.3, -0.25) is 0 Å². The fraction of sp³-hybridized carbons (Fsp3) is 0.429. The molecule has 4 heteroatoms. The Morgan fingerprint density at radius 1 is 1.08 bits per heavy atom. The minimum atomic E-state index is -0.0227. The summed E-state index contributed by atoms with van der Waals surface area (Å²) in [4.78, 5) is 0. The van der Waals surface area contributed by atoms with E-state index in [2.05, 4.69) is 0 Å². The fourth-order valence-electron chi connectivity index (χ4n) is 4.37. The van der Waals surface area contributed by atoms with Crippen LogP contribution in [0.5, 0.6) is 17.2 Å². The predicted octanol–water partition coefficient (Wildman–Crippen LogP) is 4.65. The molecule has 1 fully saturated rings. The third kappa shape index (κ3) is 2.95. The molecule has 2 aromatic carbocycles. The smallest absolute Gasteiger partial charge is 0.129 e. The van der Waals surface area contributed by atoms with E-state index < -0.39 is 0 Å². The largest absolute Gasteiger partial charge is 0.508 e. The molecule has 4 nitrogen and oxygen atoms in total. The molecular weight excluding hydrogens is 316 g/mol. The summed E-state index contributed by atoms with van der Waals surface area (Å²) in [6.45, 7) is 3.02. The normalized spacial score (nSPS) is 24.4. The zero-order valence-corrected chi connectivity index (χ0v) is 14.4. The van der Waals surface area contributed by atoms with Crippen molar-refractivity contribution in [1.29, 1.82) is 0 Å². The van der Waals surface area contributed by atoms with Gasteiger partial charge in [-0.15, -0.1) is 0 Å². The van der Waals surface area contributed by atoms with E-state index in [-0.39, 0.29) is 17.6 Å². The lowest BCUT2D eigenvalue weighted by atomic mass is 9.79. The topological polar surface area (TPSA) is 58.9 Å². The number of hydrogen-bond donors (Lipinski definition) is 2. The van der Waals surface area contributed by atoms with E-state index >= 15 is 0 Å². The molecule has 0 saturated heterocycles. The number of benzene rings is 2. The summed E-state index contributed by atoms with van der Waals surface area (Å²) in [6, 6.07) is 10.9. The zero-order chi connectivity index (χ0) is 17.4. The summed E-state index contributed by atoms with van der Waals surface area (Å²) in [5, 5.41) is 19.7. The Bertz CT molecular complexity index is 753. The minimum Gasteiger partial charge on any atom is -0.508 e. The molecule has 2 N–H and O–H groups in total. The maximum absolute atomic E-state index is 10.2. The summed E-state index contributed by atoms with van der Waals surface area (Å²) in [5.41, 5.74) is 3.12. The maximum Gasteiger partial charge on any atom is 0.129 e. The molecule has 0 aromatic heterocycles. The number of ether oxygens (including phenoxy) is 2. The summed E-state index contributed by atoms with van der Waals surface area (Å²) < 4.78 is 12.1. The highest BCUT2D eigenvalue weighted by Crippen LogP contribution is 2.55. The molecule has 25 heavy (non-hydrogen) atoms. The summed E-state index contributed by atoms with van der Waals surface area (Å²) in [7, 11) is 0. The molecule has 0 bridgehead atoms. The Morgan fingerprint density at radius 3 is 2.64 bits per heavy atom. The molecule has 0 spiro atoms. The van der Waals surface area contributed by atoms with Crippen LogP contribution in [0, 0.1) is 5.92 Å². The van der Waals surface area contributed by atoms with Crippen LogP contribution < -0.4 is 4.74 Å². The lowest BCUT2D eigenvalue weighted by molar-refractivity contribution is 0.0918. The van der Waals surface area contributed by atoms with Gasteiger partial charge in [-0.1, -0.05) is 18.6 Å². The van der Waals surface area contributed by atoms with Crippen molar-refractivity contribution < 1.29 is 19.7 Å². The maximum atomic E-state index is 10.2. The second-order valence-electron chi connectivity index (χ2n) is 6.99. The first-order valence-electron chi connectivity index (χ1n) is 9.06. The Morgan fingerprint density at radius 2 is 1.88 bits per heavy atom. The first-order valence-corrected chi connectivity index (χ1v) is 9.06. The fourth-order valence-corrected chi connectivity index (χ4v) is 4.37. The van der Waals surface area contributed by atoms with Crippen LogP contribution >= 0.6 is 0 Å². The SMILES string of the molecule is CCOCc1cc(O)cc2c1O[C@@H](c1ccc(O)cc1)C1CCCC21. The van der Waals surface area contributed by atoms with Gasteiger partial charge in [-0.05, 0) is 55.5 Å². The van der Waals surface area contributed by atoms with Crippen LogP contribution in [0.1, 0.15) is 54.9 Å². The molecule has 3 atom stereocenters. The first kappa shape index (κ1) is 16.3. The number of hydrogen-bond acceptors (Lipinski definition) is 4. The third-order valence-electron chi connectivity index (χ3n) is 5.47. The average Bonchev–Trinajstić information content (AvgIpc) is 3.10. The van der Waals surface area contributed by atoms with Crippen molar-refractivity contribution in [2.24, 2.45) is 5.92 Å². The molecule has 2 aliphatic rings. The van der Waals surface area contributed by atoms with E-state index in [9.17, 15) is 10.2 Å². The van der Waals surface area contributed by atoms with Gasteiger partial charge in [0, 0.05) is 23.7 Å². The Labute approximate surface area is 148 Å². The van der Waals surface area contributed by atoms with Crippen LogP contribution in [0.15, 0.2) is 36.4 Å². The van der Waals surface area contributed by atoms with Crippen molar-refractivity contribution in [3.8, 4) is 17.2 Å². The number of fused-ring (bicyclic) bond motifs is 3. The number of rotatable bonds is 4. The number of phenols is 2. The lowest BCUT2D eigenvalue weighted by Gasteiger charge is -2.37. The van der Waals surface area contributed by atoms with Crippen molar-refractivity contribution in [3.05, 3.63) is 53.1 Å². The number of phenolic OH excluding ortho intramolecular Hbond substituents is 2. The second kappa shape index (κ2) is 6.60. The molecule has 0 radical (unpaired) electrons. The monoisotopic (exact) mass is 340 g/mol. The molecule has 132 valence electrons. The van der Waals surface area contributed by atoms with E-state index in [1.807, 2.05) is 25.1 Å². The molecule has 1 saturated carbocycles. The standard InChI is InChI=1S/C21H24O4/c1-2-24-12-14-10-16(23)11-19-17-4-3-5-18(17)20(25-21(14)19)13-6-8-15(22)9-7-13/h6-11,17-18,20,22-23H,2-5,12H2,1H3/t17?,18?,20-/m0/s1. The molecule has 1 heterocycles. The van der Waals surface area contributed by atoms with Crippen molar-refractivity contribution in [2.45, 2.75) is 44.8 Å². The zero-order valence-electron chi connectivity index (χ0n) is 14.4. The van der Waals surface area contributed by atoms with Crippen LogP contribution in [-0.4, -0.2) is 16.8 Å². The van der Waals surface area contributed by atoms with E-state index in [1.54, 1.807) is 18.2 Å². The lowest BCUT2D eigenvalue weighted by Crippen LogP contribution is -2.27. The molecule has 4 rings (SSSR count). The van der Waals surface area contributed by atoms with Gasteiger partial charge < -0.3 is 19.7 Å². The van der Waals surface area contributed by atoms with Gasteiger partial charge in [-0.2, -0.15) is 0 Å². The summed E-state index contributed by atoms with van der Waals surface area (Å²) >= 11 is 0. The molecule has 0 amide bonds. The van der Waals surface area contributed by atoms with E-state index in [4.69, 9.17) is 9.47 Å². The van der Waals surface area contributed by atoms with Gasteiger partial charge in [0.25, 0.3) is 0 Å². The van der Waals surface area contributed by atoms with E-state index in [1.165, 1.54) is 6.42 Å². The molecule has 1 aliphatic heterocycles. The van der Waals surface area contributed by atoms with Gasteiger partial charge in [-0.25, -0.2) is 0 Å². The van der Waals surface area contributed by atoms with Crippen molar-refractivity contribution in [1.82, 2.24) is 0 Å². The van der Waals surface area contributed by atoms with E-state index in [0.29, 0.717) is 25.0 Å². The quantitative estimate of drug-likeness (QED) is 0.850. The van der Waals surface area contributed by atoms with Crippen LogP contribution in [0.25, 0.3) is 0 Å². The van der Waals surface area contributed by atoms with Crippen molar-refractivity contribution in [3.63, 3.8) is 0 Å². The first-order chi connectivity index (χ1) is 12.2. The van der Waals surface area contributed by atoms with E-state index in [0.717, 1.165) is 35.3 Å². The highest BCUT2D eigenvalue weighted by atomic mass is 16.5. The third-order valence-corrected chi connectivity index (χ3v) is 5.47. The summed E-state index contributed by atoms with van der Waals surface area (Å²) in [5.74, 6) is 2.22. The van der Waals surface area contributed by atoms with Crippen LogP contribution in [0.3, 0.4) is 0 Å². The van der Waals surface area contributed by atoms with Crippen molar-refractivity contribution in [2.75, 3.05) is 6.61 Å². The van der Waals surface area contributed by atoms with Crippen LogP contribution in [0.2, 0.25) is 0 Å². The van der Waals surface area contributed by atoms with Crippen LogP contribution in [-0.2, 0) is 11.3 Å². The Kier molecular flexibility index (Phi) is 4.30. The molecule has 1 aliphatic carbocycles. The predicted molar refractivity (Wildman–Crippen MR) is 95.0 cm³/mol. The van der Waals surface area contributed by atoms with Crippen LogP contribution in [0.4, 0.5) is 0 Å². The minimum absolute atomic E-state index is 0.0227. The summed E-state index contributed by atoms with van der Waals surface area (Å²) in [6.07, 6.45) is 3.38. The average molecular weight is 340 g/mol. The van der Waals surface area contributed by atoms with Gasteiger partial charge >= 0.3 is 0 Å². The second-order valence-corrected chi connectivity index (χ2v) is 6.99. The Hall–Kier alpha value is -2.20. The highest BCUT2D eigenvalue weighted by Gasteiger charge is 2.42. The van der Waals surface area contributed by atoms with Crippen molar-refractivity contribution >= 4 is 0 Å². The Balaban J connectivity index is 1.77.